The van der Waals surface area contributed by atoms with E-state index in [2.05, 4.69) is 24.0 Å². The fraction of sp³-hybridized carbons (Fsp3) is 0.333. The van der Waals surface area contributed by atoms with Crippen LogP contribution in [-0.4, -0.2) is 50.3 Å². The van der Waals surface area contributed by atoms with E-state index in [1.165, 1.54) is 5.56 Å². The Morgan fingerprint density at radius 2 is 1.85 bits per heavy atom. The summed E-state index contributed by atoms with van der Waals surface area (Å²) in [6.07, 6.45) is 2.93. The van der Waals surface area contributed by atoms with Crippen LogP contribution in [0.25, 0.3) is 10.9 Å². The predicted octanol–water partition coefficient (Wildman–Crippen LogP) is 1.05. The maximum absolute atomic E-state index is 9.77. The fourth-order valence-corrected chi connectivity index (χ4v) is 1.78. The lowest BCUT2D eigenvalue weighted by molar-refractivity contribution is 0.275. The van der Waals surface area contributed by atoms with Crippen molar-refractivity contribution in [1.82, 2.24) is 9.88 Å². The van der Waals surface area contributed by atoms with Gasteiger partial charge in [0, 0.05) is 23.6 Å². The highest BCUT2D eigenvalue weighted by Gasteiger charge is 2.07. The number of phosphoric acid groups is 1. The summed E-state index contributed by atoms with van der Waals surface area (Å²) in [6, 6.07) is 5.56. The summed E-state index contributed by atoms with van der Waals surface area (Å²) >= 11 is 0. The minimum atomic E-state index is -4.64. The molecule has 0 aliphatic heterocycles. The van der Waals surface area contributed by atoms with Crippen molar-refractivity contribution in [2.75, 3.05) is 20.6 Å². The summed E-state index contributed by atoms with van der Waals surface area (Å²) in [5.41, 5.74) is 2.18. The molecule has 2 rings (SSSR count). The van der Waals surface area contributed by atoms with Gasteiger partial charge in [0.15, 0.2) is 0 Å². The normalized spacial score (nSPS) is 11.5. The van der Waals surface area contributed by atoms with E-state index in [9.17, 15) is 5.11 Å². The van der Waals surface area contributed by atoms with Crippen molar-refractivity contribution in [3.8, 4) is 5.75 Å². The van der Waals surface area contributed by atoms with E-state index < -0.39 is 7.82 Å². The summed E-state index contributed by atoms with van der Waals surface area (Å²) < 4.78 is 8.88. The van der Waals surface area contributed by atoms with E-state index in [0.29, 0.717) is 5.75 Å². The molecule has 112 valence electrons. The first-order valence-corrected chi connectivity index (χ1v) is 7.46. The van der Waals surface area contributed by atoms with Gasteiger partial charge in [-0.3, -0.25) is 0 Å². The summed E-state index contributed by atoms with van der Waals surface area (Å²) in [4.78, 5) is 26.9. The number of aromatic hydroxyl groups is 1. The van der Waals surface area contributed by atoms with Gasteiger partial charge in [-0.2, -0.15) is 0 Å². The second-order valence-corrected chi connectivity index (χ2v) is 5.61. The van der Waals surface area contributed by atoms with Crippen molar-refractivity contribution in [1.29, 1.82) is 0 Å². The Labute approximate surface area is 116 Å². The molecule has 2 aromatic rings. The summed E-state index contributed by atoms with van der Waals surface area (Å²) in [5.74, 6) is 0.363. The molecule has 0 atom stereocenters. The van der Waals surface area contributed by atoms with Crippen LogP contribution >= 0.6 is 7.82 Å². The van der Waals surface area contributed by atoms with Crippen LogP contribution in [0.3, 0.4) is 0 Å². The number of hydrogen-bond donors (Lipinski definition) is 5. The van der Waals surface area contributed by atoms with E-state index in [-0.39, 0.29) is 0 Å². The molecule has 20 heavy (non-hydrogen) atoms. The monoisotopic (exact) mass is 302 g/mol. The molecular formula is C12H19N2O5P. The van der Waals surface area contributed by atoms with Crippen LogP contribution in [0.1, 0.15) is 5.56 Å². The third kappa shape index (κ3) is 5.73. The molecule has 1 heterocycles. The van der Waals surface area contributed by atoms with Crippen LogP contribution < -0.4 is 0 Å². The number of H-pyrrole nitrogens is 1. The lowest BCUT2D eigenvalue weighted by atomic mass is 10.1. The van der Waals surface area contributed by atoms with E-state index >= 15 is 0 Å². The van der Waals surface area contributed by atoms with Gasteiger partial charge in [0.05, 0.1) is 0 Å². The maximum Gasteiger partial charge on any atom is 0.466 e. The number of aromatic amines is 1. The van der Waals surface area contributed by atoms with Gasteiger partial charge >= 0.3 is 7.82 Å². The van der Waals surface area contributed by atoms with Gasteiger partial charge in [-0.25, -0.2) is 4.57 Å². The Bertz CT molecular complexity index is 597. The minimum Gasteiger partial charge on any atom is -0.507 e. The summed E-state index contributed by atoms with van der Waals surface area (Å²) in [5, 5.41) is 10.7. The van der Waals surface area contributed by atoms with Crippen molar-refractivity contribution in [3.05, 3.63) is 30.0 Å². The molecule has 0 fully saturated rings. The summed E-state index contributed by atoms with van der Waals surface area (Å²) in [6.45, 7) is 0.987. The Balaban J connectivity index is 0.000000347. The predicted molar refractivity (Wildman–Crippen MR) is 76.5 cm³/mol. The zero-order valence-corrected chi connectivity index (χ0v) is 12.2. The highest BCUT2D eigenvalue weighted by molar-refractivity contribution is 7.45. The Morgan fingerprint density at radius 3 is 2.40 bits per heavy atom. The highest BCUT2D eigenvalue weighted by Crippen LogP contribution is 2.27. The molecule has 0 saturated carbocycles. The van der Waals surface area contributed by atoms with Gasteiger partial charge in [0.1, 0.15) is 5.75 Å². The number of likely N-dealkylation sites (N-methyl/N-ethyl adjacent to an activating group) is 1. The first kappa shape index (κ1) is 16.7. The lowest BCUT2D eigenvalue weighted by Crippen LogP contribution is -2.14. The summed E-state index contributed by atoms with van der Waals surface area (Å²) in [7, 11) is -0.538. The zero-order chi connectivity index (χ0) is 15.3. The molecule has 0 radical (unpaired) electrons. The Hall–Kier alpha value is -1.37. The number of hydrogen-bond acceptors (Lipinski definition) is 3. The lowest BCUT2D eigenvalue weighted by Gasteiger charge is -2.08. The van der Waals surface area contributed by atoms with Crippen molar-refractivity contribution >= 4 is 18.7 Å². The van der Waals surface area contributed by atoms with Crippen LogP contribution in [0.2, 0.25) is 0 Å². The fourth-order valence-electron chi connectivity index (χ4n) is 1.78. The molecule has 0 amide bonds. The smallest absolute Gasteiger partial charge is 0.466 e. The second kappa shape index (κ2) is 6.88. The van der Waals surface area contributed by atoms with Crippen molar-refractivity contribution < 1.29 is 24.4 Å². The second-order valence-electron chi connectivity index (χ2n) is 4.58. The van der Waals surface area contributed by atoms with Gasteiger partial charge in [-0.15, -0.1) is 0 Å². The SMILES string of the molecule is CN(C)CCc1c[nH]c2cccc(O)c12.O=P(O)(O)O. The van der Waals surface area contributed by atoms with E-state index in [1.807, 2.05) is 18.3 Å². The largest absolute Gasteiger partial charge is 0.507 e. The van der Waals surface area contributed by atoms with Crippen LogP contribution in [0.4, 0.5) is 0 Å². The third-order valence-corrected chi connectivity index (χ3v) is 2.59. The van der Waals surface area contributed by atoms with E-state index in [0.717, 1.165) is 23.9 Å². The number of aromatic nitrogens is 1. The molecule has 1 aromatic heterocycles. The first-order chi connectivity index (χ1) is 9.18. The molecular weight excluding hydrogens is 283 g/mol. The number of fused-ring (bicyclic) bond motifs is 1. The first-order valence-electron chi connectivity index (χ1n) is 5.89. The van der Waals surface area contributed by atoms with Crippen molar-refractivity contribution in [3.63, 3.8) is 0 Å². The van der Waals surface area contributed by atoms with Crippen LogP contribution in [0.15, 0.2) is 24.4 Å². The molecule has 0 spiro atoms. The number of phenolic OH excluding ortho intramolecular Hbond substituents is 1. The van der Waals surface area contributed by atoms with E-state index in [4.69, 9.17) is 19.2 Å². The number of nitrogens with zero attached hydrogens (tertiary/aromatic N) is 1. The van der Waals surface area contributed by atoms with Crippen LogP contribution in [0, 0.1) is 0 Å². The maximum atomic E-state index is 9.77. The Kier molecular flexibility index (Phi) is 5.74. The molecule has 1 aromatic carbocycles. The standard InChI is InChI=1S/C12H16N2O.H3O4P/c1-14(2)7-6-9-8-13-10-4-3-5-11(15)12(9)10;1-5(2,3)4/h3-5,8,13,15H,6-7H2,1-2H3;(H3,1,2,3,4). The molecule has 0 unspecified atom stereocenters. The van der Waals surface area contributed by atoms with Crippen molar-refractivity contribution in [2.45, 2.75) is 6.42 Å². The van der Waals surface area contributed by atoms with Crippen LogP contribution in [0.5, 0.6) is 5.75 Å². The number of nitrogens with one attached hydrogen (secondary N) is 1. The molecule has 0 saturated heterocycles. The average Bonchev–Trinajstić information content (AvgIpc) is 2.68. The van der Waals surface area contributed by atoms with Crippen molar-refractivity contribution in [2.24, 2.45) is 0 Å². The molecule has 0 bridgehead atoms. The molecule has 0 aliphatic rings. The quantitative estimate of drug-likeness (QED) is 0.541. The molecule has 8 heteroatoms. The van der Waals surface area contributed by atoms with Gasteiger partial charge in [0.25, 0.3) is 0 Å². The van der Waals surface area contributed by atoms with Gasteiger partial charge < -0.3 is 29.7 Å². The topological polar surface area (TPSA) is 117 Å². The van der Waals surface area contributed by atoms with Gasteiger partial charge in [-0.1, -0.05) is 6.07 Å². The minimum absolute atomic E-state index is 0.363. The number of phenols is 1. The molecule has 7 nitrogen and oxygen atoms in total. The van der Waals surface area contributed by atoms with Gasteiger partial charge in [-0.05, 0) is 38.2 Å². The zero-order valence-electron chi connectivity index (χ0n) is 11.3. The third-order valence-electron chi connectivity index (χ3n) is 2.59. The highest BCUT2D eigenvalue weighted by atomic mass is 31.2. The molecule has 5 N–H and O–H groups in total. The number of benzene rings is 1. The van der Waals surface area contributed by atoms with E-state index in [1.54, 1.807) is 6.07 Å². The Morgan fingerprint density at radius 1 is 1.25 bits per heavy atom. The number of rotatable bonds is 3. The average molecular weight is 302 g/mol. The van der Waals surface area contributed by atoms with Gasteiger partial charge in [0.2, 0.25) is 0 Å². The molecule has 0 aliphatic carbocycles. The van der Waals surface area contributed by atoms with Crippen LogP contribution in [-0.2, 0) is 11.0 Å².